The molecule has 1 nitrogen and oxygen atoms in total. The van der Waals surface area contributed by atoms with E-state index in [0.717, 1.165) is 24.2 Å². The van der Waals surface area contributed by atoms with E-state index in [1.165, 1.54) is 11.6 Å². The number of hydrogen-bond donors (Lipinski definition) is 0. The normalized spacial score (nSPS) is 12.2. The van der Waals surface area contributed by atoms with Crippen LogP contribution in [0.25, 0.3) is 0 Å². The van der Waals surface area contributed by atoms with Gasteiger partial charge in [-0.05, 0) is 48.6 Å². The minimum atomic E-state index is -0.124. The molecule has 0 fully saturated rings. The van der Waals surface area contributed by atoms with Crippen LogP contribution in [0.15, 0.2) is 48.5 Å². The molecule has 0 spiro atoms. The molecule has 2 rings (SSSR count). The highest BCUT2D eigenvalue weighted by molar-refractivity contribution is 9.09. The van der Waals surface area contributed by atoms with Gasteiger partial charge in [0.25, 0.3) is 0 Å². The van der Waals surface area contributed by atoms with Crippen molar-refractivity contribution in [3.8, 4) is 5.75 Å². The highest BCUT2D eigenvalue weighted by Gasteiger charge is 2.09. The summed E-state index contributed by atoms with van der Waals surface area (Å²) in [5.41, 5.74) is 2.04. The van der Waals surface area contributed by atoms with E-state index in [-0.39, 0.29) is 10.6 Å². The van der Waals surface area contributed by atoms with E-state index in [1.807, 2.05) is 24.3 Å². The van der Waals surface area contributed by atoms with Crippen LogP contribution in [-0.2, 0) is 12.8 Å². The number of alkyl halides is 1. The second-order valence-corrected chi connectivity index (χ2v) is 6.07. The maximum atomic E-state index is 13.6. The molecule has 0 amide bonds. The van der Waals surface area contributed by atoms with Crippen molar-refractivity contribution in [3.63, 3.8) is 0 Å². The number of hydrogen-bond acceptors (Lipinski definition) is 1. The van der Waals surface area contributed by atoms with Gasteiger partial charge in [0.2, 0.25) is 0 Å². The van der Waals surface area contributed by atoms with Crippen LogP contribution in [0.2, 0.25) is 0 Å². The van der Waals surface area contributed by atoms with Gasteiger partial charge in [-0.15, -0.1) is 0 Å². The Balaban J connectivity index is 1.85. The summed E-state index contributed by atoms with van der Waals surface area (Å²) in [6.45, 7) is 0. The van der Waals surface area contributed by atoms with Gasteiger partial charge < -0.3 is 4.74 Å². The number of methoxy groups -OCH3 is 1. The Kier molecular flexibility index (Phi) is 5.60. The molecule has 2 aromatic carbocycles. The summed E-state index contributed by atoms with van der Waals surface area (Å²) >= 11 is 3.64. The van der Waals surface area contributed by atoms with Gasteiger partial charge in [0, 0.05) is 4.83 Å². The second kappa shape index (κ2) is 7.44. The van der Waals surface area contributed by atoms with Gasteiger partial charge in [-0.1, -0.05) is 46.3 Å². The van der Waals surface area contributed by atoms with Crippen LogP contribution in [0.5, 0.6) is 5.75 Å². The van der Waals surface area contributed by atoms with Crippen molar-refractivity contribution in [2.24, 2.45) is 0 Å². The minimum absolute atomic E-state index is 0.124. The zero-order valence-corrected chi connectivity index (χ0v) is 13.1. The largest absolute Gasteiger partial charge is 0.497 e. The maximum Gasteiger partial charge on any atom is 0.126 e. The Hall–Kier alpha value is -1.35. The molecule has 2 aromatic rings. The molecule has 1 unspecified atom stereocenters. The highest BCUT2D eigenvalue weighted by atomic mass is 79.9. The van der Waals surface area contributed by atoms with Crippen molar-refractivity contribution in [2.45, 2.75) is 24.1 Å². The van der Waals surface area contributed by atoms with E-state index in [9.17, 15) is 4.39 Å². The van der Waals surface area contributed by atoms with Crippen LogP contribution in [0.1, 0.15) is 17.5 Å². The third-order valence-corrected chi connectivity index (χ3v) is 4.09. The maximum absolute atomic E-state index is 13.6. The van der Waals surface area contributed by atoms with E-state index in [1.54, 1.807) is 13.2 Å². The molecular weight excluding hydrogens is 319 g/mol. The molecule has 1 atom stereocenters. The van der Waals surface area contributed by atoms with Crippen LogP contribution >= 0.6 is 15.9 Å². The lowest BCUT2D eigenvalue weighted by molar-refractivity contribution is 0.414. The fourth-order valence-electron chi connectivity index (χ4n) is 2.12. The molecule has 3 heteroatoms. The first-order chi connectivity index (χ1) is 9.69. The quantitative estimate of drug-likeness (QED) is 0.690. The summed E-state index contributed by atoms with van der Waals surface area (Å²) in [6, 6.07) is 15.0. The Labute approximate surface area is 127 Å². The summed E-state index contributed by atoms with van der Waals surface area (Å²) in [6.07, 6.45) is 2.65. The van der Waals surface area contributed by atoms with E-state index in [2.05, 4.69) is 28.1 Å². The molecule has 0 heterocycles. The molecule has 0 aliphatic carbocycles. The smallest absolute Gasteiger partial charge is 0.126 e. The van der Waals surface area contributed by atoms with E-state index in [4.69, 9.17) is 4.74 Å². The second-order valence-electron chi connectivity index (χ2n) is 4.78. The van der Waals surface area contributed by atoms with Crippen molar-refractivity contribution in [1.29, 1.82) is 0 Å². The molecule has 0 radical (unpaired) electrons. The number of rotatable bonds is 6. The first kappa shape index (κ1) is 15.0. The predicted octanol–water partition coefficient (Wildman–Crippen LogP) is 4.77. The molecule has 0 saturated heterocycles. The summed E-state index contributed by atoms with van der Waals surface area (Å²) < 4.78 is 18.7. The first-order valence-corrected chi connectivity index (χ1v) is 7.61. The molecule has 0 N–H and O–H groups in total. The van der Waals surface area contributed by atoms with Crippen LogP contribution in [-0.4, -0.2) is 11.9 Å². The Morgan fingerprint density at radius 1 is 1.10 bits per heavy atom. The van der Waals surface area contributed by atoms with Gasteiger partial charge in [-0.3, -0.25) is 0 Å². The van der Waals surface area contributed by atoms with Crippen LogP contribution in [0, 0.1) is 5.82 Å². The Morgan fingerprint density at radius 3 is 2.45 bits per heavy atom. The predicted molar refractivity (Wildman–Crippen MR) is 84.1 cm³/mol. The van der Waals surface area contributed by atoms with Gasteiger partial charge in [0.05, 0.1) is 7.11 Å². The number of halogens is 2. The van der Waals surface area contributed by atoms with Crippen molar-refractivity contribution >= 4 is 15.9 Å². The fourth-order valence-corrected chi connectivity index (χ4v) is 2.70. The van der Waals surface area contributed by atoms with Gasteiger partial charge >= 0.3 is 0 Å². The Morgan fingerprint density at radius 2 is 1.80 bits per heavy atom. The molecule has 106 valence electrons. The third-order valence-electron chi connectivity index (χ3n) is 3.30. The van der Waals surface area contributed by atoms with Crippen LogP contribution in [0.3, 0.4) is 0 Å². The first-order valence-electron chi connectivity index (χ1n) is 6.69. The molecule has 0 bridgehead atoms. The fraction of sp³-hybridized carbons (Fsp3) is 0.294. The highest BCUT2D eigenvalue weighted by Crippen LogP contribution is 2.19. The standard InChI is InChI=1S/C17H18BrFO/c1-20-16-10-7-13(8-11-16)6-9-15(18)12-14-4-2-3-5-17(14)19/h2-5,7-8,10-11,15H,6,9,12H2,1H3. The van der Waals surface area contributed by atoms with E-state index < -0.39 is 0 Å². The van der Waals surface area contributed by atoms with Gasteiger partial charge in [0.1, 0.15) is 11.6 Å². The van der Waals surface area contributed by atoms with Crippen molar-refractivity contribution in [3.05, 3.63) is 65.5 Å². The lowest BCUT2D eigenvalue weighted by Crippen LogP contribution is -2.06. The minimum Gasteiger partial charge on any atom is -0.497 e. The molecule has 0 aliphatic heterocycles. The number of ether oxygens (including phenoxy) is 1. The number of aryl methyl sites for hydroxylation is 1. The zero-order valence-electron chi connectivity index (χ0n) is 11.5. The monoisotopic (exact) mass is 336 g/mol. The molecule has 20 heavy (non-hydrogen) atoms. The number of benzene rings is 2. The van der Waals surface area contributed by atoms with Gasteiger partial charge in [-0.25, -0.2) is 4.39 Å². The van der Waals surface area contributed by atoms with Crippen molar-refractivity contribution in [1.82, 2.24) is 0 Å². The van der Waals surface area contributed by atoms with E-state index in [0.29, 0.717) is 6.42 Å². The average Bonchev–Trinajstić information content (AvgIpc) is 2.48. The Bertz CT molecular complexity index is 539. The topological polar surface area (TPSA) is 9.23 Å². The van der Waals surface area contributed by atoms with Crippen molar-refractivity contribution < 1.29 is 9.13 Å². The van der Waals surface area contributed by atoms with Crippen LogP contribution in [0.4, 0.5) is 4.39 Å². The van der Waals surface area contributed by atoms with Gasteiger partial charge in [-0.2, -0.15) is 0 Å². The molecule has 0 aliphatic rings. The zero-order chi connectivity index (χ0) is 14.4. The lowest BCUT2D eigenvalue weighted by atomic mass is 10.0. The van der Waals surface area contributed by atoms with Crippen molar-refractivity contribution in [2.75, 3.05) is 7.11 Å². The third kappa shape index (κ3) is 4.34. The summed E-state index contributed by atoms with van der Waals surface area (Å²) in [5.74, 6) is 0.747. The average molecular weight is 337 g/mol. The summed E-state index contributed by atoms with van der Waals surface area (Å²) in [5, 5.41) is 0. The van der Waals surface area contributed by atoms with E-state index >= 15 is 0 Å². The molecular formula is C17H18BrFO. The summed E-state index contributed by atoms with van der Waals surface area (Å²) in [7, 11) is 1.66. The lowest BCUT2D eigenvalue weighted by Gasteiger charge is -2.11. The van der Waals surface area contributed by atoms with Gasteiger partial charge in [0.15, 0.2) is 0 Å². The van der Waals surface area contributed by atoms with Crippen LogP contribution < -0.4 is 4.74 Å². The molecule has 0 aromatic heterocycles. The summed E-state index contributed by atoms with van der Waals surface area (Å²) in [4.78, 5) is 0.279. The molecule has 0 saturated carbocycles. The SMILES string of the molecule is COc1ccc(CCC(Br)Cc2ccccc2F)cc1.